The van der Waals surface area contributed by atoms with Crippen LogP contribution in [0.2, 0.25) is 0 Å². The lowest BCUT2D eigenvalue weighted by Gasteiger charge is -1.99. The number of rotatable bonds is 3. The Bertz CT molecular complexity index is 1040. The van der Waals surface area contributed by atoms with Crippen molar-refractivity contribution in [1.82, 2.24) is 4.40 Å². The smallest absolute Gasteiger partial charge is 0.167 e. The van der Waals surface area contributed by atoms with Crippen LogP contribution in [0.4, 0.5) is 0 Å². The van der Waals surface area contributed by atoms with Gasteiger partial charge in [0.15, 0.2) is 6.29 Å². The van der Waals surface area contributed by atoms with E-state index < -0.39 is 0 Å². The van der Waals surface area contributed by atoms with Crippen LogP contribution in [-0.2, 0) is 0 Å². The van der Waals surface area contributed by atoms with Crippen molar-refractivity contribution in [3.05, 3.63) is 59.9 Å². The molecule has 3 aromatic heterocycles. The van der Waals surface area contributed by atoms with Gasteiger partial charge < -0.3 is 13.6 Å². The number of carbonyl (C=O) groups excluding carboxylic acids is 1. The lowest BCUT2D eigenvalue weighted by atomic mass is 10.1. The first-order chi connectivity index (χ1) is 11.2. The number of hydrogen-bond acceptors (Lipinski definition) is 3. The average molecular weight is 305 g/mol. The number of ether oxygens (including phenoxy) is 1. The molecule has 0 saturated carbocycles. The lowest BCUT2D eigenvalue weighted by Crippen LogP contribution is -1.92. The molecule has 0 saturated heterocycles. The summed E-state index contributed by atoms with van der Waals surface area (Å²) in [6.45, 7) is 2.00. The maximum atomic E-state index is 11.6. The Kier molecular flexibility index (Phi) is 2.98. The van der Waals surface area contributed by atoms with E-state index in [-0.39, 0.29) is 0 Å². The van der Waals surface area contributed by atoms with Crippen LogP contribution in [0.1, 0.15) is 16.1 Å². The minimum absolute atomic E-state index is 0.592. The Morgan fingerprint density at radius 3 is 2.78 bits per heavy atom. The summed E-state index contributed by atoms with van der Waals surface area (Å²) in [7, 11) is 1.62. The van der Waals surface area contributed by atoms with Crippen molar-refractivity contribution in [2.75, 3.05) is 7.11 Å². The van der Waals surface area contributed by atoms with E-state index >= 15 is 0 Å². The van der Waals surface area contributed by atoms with Crippen molar-refractivity contribution in [3.8, 4) is 17.1 Å². The van der Waals surface area contributed by atoms with Gasteiger partial charge >= 0.3 is 0 Å². The van der Waals surface area contributed by atoms with Crippen molar-refractivity contribution in [2.45, 2.75) is 6.92 Å². The van der Waals surface area contributed by atoms with Gasteiger partial charge in [0.05, 0.1) is 12.8 Å². The summed E-state index contributed by atoms with van der Waals surface area (Å²) < 4.78 is 13.1. The van der Waals surface area contributed by atoms with Crippen LogP contribution in [0.5, 0.6) is 5.75 Å². The van der Waals surface area contributed by atoms with Gasteiger partial charge in [0.25, 0.3) is 0 Å². The Morgan fingerprint density at radius 1 is 1.13 bits per heavy atom. The molecular weight excluding hydrogens is 290 g/mol. The average Bonchev–Trinajstić information content (AvgIpc) is 3.14. The lowest BCUT2D eigenvalue weighted by molar-refractivity contribution is 0.111. The van der Waals surface area contributed by atoms with Crippen LogP contribution in [0, 0.1) is 6.92 Å². The molecule has 0 aliphatic rings. The molecule has 4 nitrogen and oxygen atoms in total. The van der Waals surface area contributed by atoms with E-state index in [2.05, 4.69) is 0 Å². The van der Waals surface area contributed by atoms with Crippen LogP contribution >= 0.6 is 0 Å². The van der Waals surface area contributed by atoms with Crippen molar-refractivity contribution in [2.24, 2.45) is 0 Å². The largest absolute Gasteiger partial charge is 0.497 e. The third kappa shape index (κ3) is 2.11. The van der Waals surface area contributed by atoms with Crippen LogP contribution in [-0.4, -0.2) is 17.8 Å². The van der Waals surface area contributed by atoms with E-state index in [1.165, 1.54) is 0 Å². The standard InChI is InChI=1S/C19H15NO3/c1-12-3-5-14-8-16(17(11-21)20(14)10-12)19-7-13-4-6-15(22-2)9-18(13)23-19/h3-11H,1-2H3. The van der Waals surface area contributed by atoms with Crippen molar-refractivity contribution in [3.63, 3.8) is 0 Å². The van der Waals surface area contributed by atoms with Crippen LogP contribution < -0.4 is 4.74 Å². The van der Waals surface area contributed by atoms with E-state index in [4.69, 9.17) is 9.15 Å². The summed E-state index contributed by atoms with van der Waals surface area (Å²) >= 11 is 0. The molecule has 0 spiro atoms. The molecular formula is C19H15NO3. The minimum Gasteiger partial charge on any atom is -0.497 e. The van der Waals surface area contributed by atoms with Gasteiger partial charge in [-0.25, -0.2) is 0 Å². The Balaban J connectivity index is 1.96. The number of carbonyl (C=O) groups is 1. The predicted octanol–water partition coefficient (Wildman–Crippen LogP) is 4.48. The Labute approximate surface area is 132 Å². The first kappa shape index (κ1) is 13.6. The molecule has 0 unspecified atom stereocenters. The van der Waals surface area contributed by atoms with E-state index in [0.717, 1.165) is 39.6 Å². The molecule has 4 aromatic rings. The van der Waals surface area contributed by atoms with Crippen molar-refractivity contribution in [1.29, 1.82) is 0 Å². The normalized spacial score (nSPS) is 11.2. The molecule has 4 rings (SSSR count). The zero-order chi connectivity index (χ0) is 16.0. The number of fused-ring (bicyclic) bond motifs is 2. The number of nitrogens with zero attached hydrogens (tertiary/aromatic N) is 1. The first-order valence-electron chi connectivity index (χ1n) is 7.34. The third-order valence-corrected chi connectivity index (χ3v) is 4.06. The van der Waals surface area contributed by atoms with E-state index in [0.29, 0.717) is 11.5 Å². The highest BCUT2D eigenvalue weighted by Gasteiger charge is 2.15. The first-order valence-corrected chi connectivity index (χ1v) is 7.34. The SMILES string of the molecule is COc1ccc2cc(-c3cc4ccc(C)cn4c3C=O)oc2c1. The second kappa shape index (κ2) is 5.02. The fraction of sp³-hybridized carbons (Fsp3) is 0.105. The zero-order valence-electron chi connectivity index (χ0n) is 12.9. The van der Waals surface area contributed by atoms with E-state index in [1.54, 1.807) is 7.11 Å². The predicted molar refractivity (Wildman–Crippen MR) is 89.3 cm³/mol. The van der Waals surface area contributed by atoms with Crippen molar-refractivity contribution >= 4 is 22.8 Å². The quantitative estimate of drug-likeness (QED) is 0.524. The number of benzene rings is 1. The number of aldehydes is 1. The van der Waals surface area contributed by atoms with Crippen LogP contribution in [0.15, 0.2) is 53.1 Å². The maximum absolute atomic E-state index is 11.6. The monoisotopic (exact) mass is 305 g/mol. The van der Waals surface area contributed by atoms with Gasteiger partial charge in [0.2, 0.25) is 0 Å². The fourth-order valence-electron chi connectivity index (χ4n) is 2.89. The Hall–Kier alpha value is -3.01. The second-order valence-corrected chi connectivity index (χ2v) is 5.58. The molecule has 0 fully saturated rings. The minimum atomic E-state index is 0.592. The third-order valence-electron chi connectivity index (χ3n) is 4.06. The fourth-order valence-corrected chi connectivity index (χ4v) is 2.89. The highest BCUT2D eigenvalue weighted by Crippen LogP contribution is 2.33. The topological polar surface area (TPSA) is 43.9 Å². The number of furan rings is 1. The van der Waals surface area contributed by atoms with E-state index in [1.807, 2.05) is 60.0 Å². The van der Waals surface area contributed by atoms with E-state index in [9.17, 15) is 4.79 Å². The molecule has 114 valence electrons. The number of hydrogen-bond donors (Lipinski definition) is 0. The molecule has 3 heterocycles. The van der Waals surface area contributed by atoms with Gasteiger partial charge in [0.1, 0.15) is 17.1 Å². The molecule has 0 radical (unpaired) electrons. The van der Waals surface area contributed by atoms with Crippen LogP contribution in [0.3, 0.4) is 0 Å². The van der Waals surface area contributed by atoms with Gasteiger partial charge in [-0.15, -0.1) is 0 Å². The molecule has 0 atom stereocenters. The number of aryl methyl sites for hydroxylation is 1. The van der Waals surface area contributed by atoms with Crippen LogP contribution in [0.25, 0.3) is 27.8 Å². The zero-order valence-corrected chi connectivity index (χ0v) is 12.9. The number of pyridine rings is 1. The summed E-state index contributed by atoms with van der Waals surface area (Å²) in [5, 5.41) is 0.976. The molecule has 0 aliphatic heterocycles. The molecule has 0 aliphatic carbocycles. The van der Waals surface area contributed by atoms with Crippen molar-refractivity contribution < 1.29 is 13.9 Å². The van der Waals surface area contributed by atoms with Gasteiger partial charge in [-0.3, -0.25) is 4.79 Å². The van der Waals surface area contributed by atoms with Gasteiger partial charge in [-0.05, 0) is 42.8 Å². The summed E-state index contributed by atoms with van der Waals surface area (Å²) in [4.78, 5) is 11.6. The molecule has 23 heavy (non-hydrogen) atoms. The van der Waals surface area contributed by atoms with Gasteiger partial charge in [0, 0.05) is 28.7 Å². The summed E-state index contributed by atoms with van der Waals surface area (Å²) in [6, 6.07) is 13.6. The molecule has 0 N–H and O–H groups in total. The van der Waals surface area contributed by atoms with Gasteiger partial charge in [-0.1, -0.05) is 6.07 Å². The molecule has 1 aromatic carbocycles. The number of aromatic nitrogens is 1. The van der Waals surface area contributed by atoms with Gasteiger partial charge in [-0.2, -0.15) is 0 Å². The molecule has 0 amide bonds. The molecule has 0 bridgehead atoms. The Morgan fingerprint density at radius 2 is 2.00 bits per heavy atom. The molecule has 4 heteroatoms. The summed E-state index contributed by atoms with van der Waals surface area (Å²) in [5.41, 5.74) is 4.18. The number of methoxy groups -OCH3 is 1. The maximum Gasteiger partial charge on any atom is 0.167 e. The summed E-state index contributed by atoms with van der Waals surface area (Å²) in [5.74, 6) is 1.42. The highest BCUT2D eigenvalue weighted by atomic mass is 16.5. The summed E-state index contributed by atoms with van der Waals surface area (Å²) in [6.07, 6.45) is 2.82. The highest BCUT2D eigenvalue weighted by molar-refractivity contribution is 5.92. The second-order valence-electron chi connectivity index (χ2n) is 5.58.